The van der Waals surface area contributed by atoms with E-state index >= 15 is 0 Å². The number of rotatable bonds is 10. The van der Waals surface area contributed by atoms with Crippen molar-refractivity contribution >= 4 is 5.97 Å². The maximum atomic E-state index is 11.2. The van der Waals surface area contributed by atoms with E-state index in [1.807, 2.05) is 12.3 Å². The van der Waals surface area contributed by atoms with Crippen LogP contribution in [0.3, 0.4) is 0 Å². The first-order valence-electron chi connectivity index (χ1n) is 8.96. The van der Waals surface area contributed by atoms with Gasteiger partial charge in [0.15, 0.2) is 0 Å². The van der Waals surface area contributed by atoms with Crippen LogP contribution in [-0.2, 0) is 24.3 Å². The number of aliphatic carboxylic acids is 1. The van der Waals surface area contributed by atoms with Crippen LogP contribution in [-0.4, -0.2) is 15.6 Å². The van der Waals surface area contributed by atoms with Gasteiger partial charge in [0, 0.05) is 6.42 Å². The van der Waals surface area contributed by atoms with Gasteiger partial charge in [-0.3, -0.25) is 4.79 Å². The SMILES string of the molecule is CCCCCCc1n(CC(C)C(=O)O)cc[n+]1Cc1ccccc1. The molecule has 0 amide bonds. The first kappa shape index (κ1) is 18.2. The Balaban J connectivity index is 2.15. The van der Waals surface area contributed by atoms with Gasteiger partial charge in [-0.1, -0.05) is 56.5 Å². The molecule has 1 atom stereocenters. The van der Waals surface area contributed by atoms with Gasteiger partial charge in [0.1, 0.15) is 25.5 Å². The van der Waals surface area contributed by atoms with Gasteiger partial charge in [-0.15, -0.1) is 0 Å². The van der Waals surface area contributed by atoms with Crippen molar-refractivity contribution in [2.24, 2.45) is 5.92 Å². The van der Waals surface area contributed by atoms with Gasteiger partial charge in [-0.25, -0.2) is 9.13 Å². The van der Waals surface area contributed by atoms with Gasteiger partial charge in [0.05, 0.1) is 5.92 Å². The molecule has 0 aliphatic carbocycles. The second-order valence-electron chi connectivity index (χ2n) is 6.53. The Labute approximate surface area is 144 Å². The maximum Gasteiger partial charge on any atom is 0.310 e. The predicted molar refractivity (Wildman–Crippen MR) is 94.8 cm³/mol. The highest BCUT2D eigenvalue weighted by molar-refractivity contribution is 5.69. The number of unbranched alkanes of at least 4 members (excludes halogenated alkanes) is 3. The van der Waals surface area contributed by atoms with E-state index in [1.165, 1.54) is 30.7 Å². The number of aromatic nitrogens is 2. The third kappa shape index (κ3) is 5.22. The summed E-state index contributed by atoms with van der Waals surface area (Å²) in [6.45, 7) is 5.34. The normalized spacial score (nSPS) is 12.2. The second kappa shape index (κ2) is 9.26. The van der Waals surface area contributed by atoms with E-state index in [4.69, 9.17) is 0 Å². The van der Waals surface area contributed by atoms with Crippen LogP contribution in [0.2, 0.25) is 0 Å². The Kier molecular flexibility index (Phi) is 7.04. The van der Waals surface area contributed by atoms with Gasteiger partial charge in [0.2, 0.25) is 0 Å². The van der Waals surface area contributed by atoms with Crippen LogP contribution in [0.25, 0.3) is 0 Å². The lowest BCUT2D eigenvalue weighted by atomic mass is 10.1. The molecule has 0 aliphatic rings. The van der Waals surface area contributed by atoms with E-state index in [0.717, 1.165) is 19.4 Å². The predicted octanol–water partition coefficient (Wildman–Crippen LogP) is 3.67. The number of benzene rings is 1. The Morgan fingerprint density at radius 3 is 2.62 bits per heavy atom. The zero-order valence-electron chi connectivity index (χ0n) is 14.8. The maximum absolute atomic E-state index is 11.2. The standard InChI is InChI=1S/C20H28N2O2/c1-3-4-5-9-12-19-21(15-17(2)20(23)24)13-14-22(19)16-18-10-7-6-8-11-18/h6-8,10-11,13-14,17H,3-5,9,12,15-16H2,1-2H3/p+1. The molecule has 0 fully saturated rings. The monoisotopic (exact) mass is 329 g/mol. The molecule has 24 heavy (non-hydrogen) atoms. The number of carboxylic acids is 1. The Hall–Kier alpha value is -2.10. The second-order valence-corrected chi connectivity index (χ2v) is 6.53. The van der Waals surface area contributed by atoms with E-state index in [1.54, 1.807) is 6.92 Å². The van der Waals surface area contributed by atoms with Gasteiger partial charge in [0.25, 0.3) is 5.82 Å². The molecule has 4 nitrogen and oxygen atoms in total. The summed E-state index contributed by atoms with van der Waals surface area (Å²) in [6.07, 6.45) is 9.95. The number of imidazole rings is 1. The zero-order valence-corrected chi connectivity index (χ0v) is 14.8. The van der Waals surface area contributed by atoms with Gasteiger partial charge < -0.3 is 5.11 Å². The Morgan fingerprint density at radius 2 is 1.96 bits per heavy atom. The molecular weight excluding hydrogens is 300 g/mol. The molecule has 0 saturated heterocycles. The number of nitrogens with zero attached hydrogens (tertiary/aromatic N) is 2. The molecule has 0 aliphatic heterocycles. The minimum Gasteiger partial charge on any atom is -0.481 e. The summed E-state index contributed by atoms with van der Waals surface area (Å²) in [5.74, 6) is 0.107. The Morgan fingerprint density at radius 1 is 1.21 bits per heavy atom. The summed E-state index contributed by atoms with van der Waals surface area (Å²) in [6, 6.07) is 10.4. The van der Waals surface area contributed by atoms with Crippen LogP contribution in [0, 0.1) is 5.92 Å². The van der Waals surface area contributed by atoms with Crippen molar-refractivity contribution in [3.05, 3.63) is 54.1 Å². The number of carbonyl (C=O) groups is 1. The lowest BCUT2D eigenvalue weighted by Gasteiger charge is -2.08. The van der Waals surface area contributed by atoms with Gasteiger partial charge in [-0.05, 0) is 18.9 Å². The number of hydrogen-bond acceptors (Lipinski definition) is 1. The minimum atomic E-state index is -0.741. The van der Waals surface area contributed by atoms with Crippen LogP contribution < -0.4 is 4.57 Å². The summed E-state index contributed by atoms with van der Waals surface area (Å²) in [4.78, 5) is 11.2. The van der Waals surface area contributed by atoms with Crippen molar-refractivity contribution in [1.82, 2.24) is 4.57 Å². The summed E-state index contributed by atoms with van der Waals surface area (Å²) in [5.41, 5.74) is 1.27. The molecule has 1 unspecified atom stereocenters. The minimum absolute atomic E-state index is 0.378. The summed E-state index contributed by atoms with van der Waals surface area (Å²) >= 11 is 0. The third-order valence-electron chi connectivity index (χ3n) is 4.43. The van der Waals surface area contributed by atoms with Crippen LogP contribution in [0.4, 0.5) is 0 Å². The lowest BCUT2D eigenvalue weighted by Crippen LogP contribution is -2.38. The van der Waals surface area contributed by atoms with Crippen LogP contribution in [0.5, 0.6) is 0 Å². The van der Waals surface area contributed by atoms with Crippen LogP contribution in [0.15, 0.2) is 42.7 Å². The summed E-state index contributed by atoms with van der Waals surface area (Å²) < 4.78 is 4.38. The summed E-state index contributed by atoms with van der Waals surface area (Å²) in [7, 11) is 0. The smallest absolute Gasteiger partial charge is 0.310 e. The van der Waals surface area contributed by atoms with Gasteiger partial charge in [-0.2, -0.15) is 0 Å². The zero-order chi connectivity index (χ0) is 17.4. The fourth-order valence-electron chi connectivity index (χ4n) is 2.96. The van der Waals surface area contributed by atoms with Gasteiger partial charge >= 0.3 is 5.97 Å². The first-order chi connectivity index (χ1) is 11.6. The molecule has 1 aromatic carbocycles. The van der Waals surface area contributed by atoms with Crippen molar-refractivity contribution in [1.29, 1.82) is 0 Å². The van der Waals surface area contributed by atoms with Crippen molar-refractivity contribution in [3.63, 3.8) is 0 Å². The molecule has 0 radical (unpaired) electrons. The molecule has 2 aromatic rings. The topological polar surface area (TPSA) is 46.1 Å². The molecule has 1 heterocycles. The molecular formula is C20H29N2O2+. The molecule has 0 spiro atoms. The van der Waals surface area contributed by atoms with Crippen molar-refractivity contribution < 1.29 is 14.5 Å². The van der Waals surface area contributed by atoms with Crippen LogP contribution in [0.1, 0.15) is 50.9 Å². The largest absolute Gasteiger partial charge is 0.481 e. The fraction of sp³-hybridized carbons (Fsp3) is 0.500. The highest BCUT2D eigenvalue weighted by atomic mass is 16.4. The molecule has 2 rings (SSSR count). The molecule has 0 saturated carbocycles. The van der Waals surface area contributed by atoms with Crippen LogP contribution >= 0.6 is 0 Å². The van der Waals surface area contributed by atoms with Crippen molar-refractivity contribution in [2.75, 3.05) is 0 Å². The van der Waals surface area contributed by atoms with E-state index in [2.05, 4.69) is 46.5 Å². The fourth-order valence-corrected chi connectivity index (χ4v) is 2.96. The van der Waals surface area contributed by atoms with E-state index in [0.29, 0.717) is 6.54 Å². The molecule has 1 N–H and O–H groups in total. The van der Waals surface area contributed by atoms with E-state index < -0.39 is 5.97 Å². The van der Waals surface area contributed by atoms with E-state index in [-0.39, 0.29) is 5.92 Å². The van der Waals surface area contributed by atoms with Crippen molar-refractivity contribution in [2.45, 2.75) is 59.0 Å². The lowest BCUT2D eigenvalue weighted by molar-refractivity contribution is -0.695. The average Bonchev–Trinajstić information content (AvgIpc) is 2.94. The molecule has 0 bridgehead atoms. The summed E-state index contributed by atoms with van der Waals surface area (Å²) in [5, 5.41) is 9.20. The quantitative estimate of drug-likeness (QED) is 0.534. The molecule has 1 aromatic heterocycles. The highest BCUT2D eigenvalue weighted by Gasteiger charge is 2.21. The molecule has 130 valence electrons. The first-order valence-corrected chi connectivity index (χ1v) is 8.96. The average molecular weight is 329 g/mol. The third-order valence-corrected chi connectivity index (χ3v) is 4.43. The molecule has 4 heteroatoms. The Bertz CT molecular complexity index is 634. The van der Waals surface area contributed by atoms with Crippen molar-refractivity contribution in [3.8, 4) is 0 Å². The number of carboxylic acid groups (broad SMARTS) is 1. The highest BCUT2D eigenvalue weighted by Crippen LogP contribution is 2.10. The number of hydrogen-bond donors (Lipinski definition) is 1. The van der Waals surface area contributed by atoms with E-state index in [9.17, 15) is 9.90 Å².